The number of halogens is 1. The molecule has 0 saturated carbocycles. The fraction of sp³-hybridized carbons (Fsp3) is 0.150. The van der Waals surface area contributed by atoms with Crippen LogP contribution < -0.4 is 10.1 Å². The number of hydrogen-bond acceptors (Lipinski definition) is 6. The molecule has 0 aliphatic carbocycles. The molecule has 0 aliphatic rings. The number of amides is 1. The van der Waals surface area contributed by atoms with Gasteiger partial charge in [0.2, 0.25) is 0 Å². The molecule has 0 fully saturated rings. The first kappa shape index (κ1) is 18.1. The summed E-state index contributed by atoms with van der Waals surface area (Å²) < 4.78 is 23.7. The summed E-state index contributed by atoms with van der Waals surface area (Å²) in [5.41, 5.74) is 2.05. The monoisotopic (exact) mass is 397 g/mol. The first-order chi connectivity index (χ1) is 13.6. The Balaban J connectivity index is 1.50. The third-order valence-electron chi connectivity index (χ3n) is 4.11. The maximum Gasteiger partial charge on any atom is 0.259 e. The highest BCUT2D eigenvalue weighted by molar-refractivity contribution is 7.13. The third kappa shape index (κ3) is 3.72. The number of aromatic nitrogens is 2. The van der Waals surface area contributed by atoms with Crippen LogP contribution in [0.25, 0.3) is 21.7 Å². The summed E-state index contributed by atoms with van der Waals surface area (Å²) in [4.78, 5) is 18.2. The van der Waals surface area contributed by atoms with Crippen LogP contribution in [0.4, 0.5) is 4.39 Å². The van der Waals surface area contributed by atoms with Gasteiger partial charge in [0.15, 0.2) is 0 Å². The average molecular weight is 397 g/mol. The number of aryl methyl sites for hydroxylation is 1. The van der Waals surface area contributed by atoms with Crippen LogP contribution in [0.15, 0.2) is 52.4 Å². The molecule has 1 aromatic carbocycles. The fourth-order valence-electron chi connectivity index (χ4n) is 2.78. The largest absolute Gasteiger partial charge is 0.492 e. The number of fused-ring (bicyclic) bond motifs is 1. The van der Waals surface area contributed by atoms with Gasteiger partial charge in [-0.15, -0.1) is 11.3 Å². The van der Waals surface area contributed by atoms with Crippen molar-refractivity contribution in [3.8, 4) is 16.3 Å². The zero-order valence-corrected chi connectivity index (χ0v) is 15.8. The van der Waals surface area contributed by atoms with Crippen LogP contribution in [0.2, 0.25) is 0 Å². The molecule has 8 heteroatoms. The van der Waals surface area contributed by atoms with Crippen LogP contribution in [-0.2, 0) is 0 Å². The summed E-state index contributed by atoms with van der Waals surface area (Å²) in [5, 5.41) is 9.30. The van der Waals surface area contributed by atoms with E-state index in [2.05, 4.69) is 15.5 Å². The second-order valence-corrected chi connectivity index (χ2v) is 6.99. The SMILES string of the molecule is Cc1noc2nc(-c3cccs3)cc(C(=O)NCCOc3ccc(F)cc3)c12. The number of carbonyl (C=O) groups excluding carboxylic acids is 1. The van der Waals surface area contributed by atoms with E-state index in [1.165, 1.54) is 35.6 Å². The average Bonchev–Trinajstić information content (AvgIpc) is 3.36. The lowest BCUT2D eigenvalue weighted by Gasteiger charge is -2.09. The van der Waals surface area contributed by atoms with Crippen molar-refractivity contribution in [2.75, 3.05) is 13.2 Å². The Hall–Kier alpha value is -3.26. The van der Waals surface area contributed by atoms with E-state index < -0.39 is 0 Å². The molecule has 1 N–H and O–H groups in total. The second-order valence-electron chi connectivity index (χ2n) is 6.04. The molecule has 6 nitrogen and oxygen atoms in total. The molecule has 0 saturated heterocycles. The number of pyridine rings is 1. The highest BCUT2D eigenvalue weighted by atomic mass is 32.1. The molecule has 3 heterocycles. The van der Waals surface area contributed by atoms with Crippen molar-refractivity contribution in [1.29, 1.82) is 0 Å². The van der Waals surface area contributed by atoms with Crippen molar-refractivity contribution in [2.45, 2.75) is 6.92 Å². The van der Waals surface area contributed by atoms with E-state index in [1.54, 1.807) is 13.0 Å². The minimum absolute atomic E-state index is 0.256. The molecule has 3 aromatic heterocycles. The smallest absolute Gasteiger partial charge is 0.259 e. The van der Waals surface area contributed by atoms with E-state index in [9.17, 15) is 9.18 Å². The summed E-state index contributed by atoms with van der Waals surface area (Å²) in [6.07, 6.45) is 0. The van der Waals surface area contributed by atoms with Crippen molar-refractivity contribution < 1.29 is 18.4 Å². The van der Waals surface area contributed by atoms with Gasteiger partial charge in [0, 0.05) is 0 Å². The van der Waals surface area contributed by atoms with Gasteiger partial charge in [-0.3, -0.25) is 4.79 Å². The van der Waals surface area contributed by atoms with E-state index in [0.29, 0.717) is 40.3 Å². The molecule has 0 spiro atoms. The lowest BCUT2D eigenvalue weighted by atomic mass is 10.1. The Morgan fingerprint density at radius 3 is 2.86 bits per heavy atom. The molecule has 0 radical (unpaired) electrons. The van der Waals surface area contributed by atoms with E-state index in [-0.39, 0.29) is 18.3 Å². The maximum atomic E-state index is 12.9. The summed E-state index contributed by atoms with van der Waals surface area (Å²) in [7, 11) is 0. The highest BCUT2D eigenvalue weighted by Crippen LogP contribution is 2.29. The molecular weight excluding hydrogens is 381 g/mol. The summed E-state index contributed by atoms with van der Waals surface area (Å²) in [6, 6.07) is 11.3. The molecule has 0 atom stereocenters. The van der Waals surface area contributed by atoms with E-state index in [0.717, 1.165) is 4.88 Å². The van der Waals surface area contributed by atoms with Crippen molar-refractivity contribution in [1.82, 2.24) is 15.5 Å². The van der Waals surface area contributed by atoms with E-state index in [1.807, 2.05) is 17.5 Å². The Labute approximate surface area is 164 Å². The Kier molecular flexibility index (Phi) is 5.03. The van der Waals surface area contributed by atoms with Crippen molar-refractivity contribution >= 4 is 28.3 Å². The third-order valence-corrected chi connectivity index (χ3v) is 5.00. The van der Waals surface area contributed by atoms with Gasteiger partial charge in [0.05, 0.1) is 33.8 Å². The molecule has 0 bridgehead atoms. The maximum absolute atomic E-state index is 12.9. The first-order valence-electron chi connectivity index (χ1n) is 8.59. The normalized spacial score (nSPS) is 10.9. The second kappa shape index (κ2) is 7.77. The van der Waals surface area contributed by atoms with Gasteiger partial charge in [-0.05, 0) is 48.7 Å². The number of benzene rings is 1. The van der Waals surface area contributed by atoms with Gasteiger partial charge in [-0.1, -0.05) is 11.2 Å². The minimum Gasteiger partial charge on any atom is -0.492 e. The van der Waals surface area contributed by atoms with Crippen LogP contribution in [0.5, 0.6) is 5.75 Å². The van der Waals surface area contributed by atoms with Crippen LogP contribution >= 0.6 is 11.3 Å². The van der Waals surface area contributed by atoms with Crippen molar-refractivity contribution in [3.05, 3.63) is 64.9 Å². The number of ether oxygens (including phenoxy) is 1. The topological polar surface area (TPSA) is 77.2 Å². The highest BCUT2D eigenvalue weighted by Gasteiger charge is 2.19. The standard InChI is InChI=1S/C20H16FN3O3S/c1-12-18-15(11-16(17-3-2-10-28-17)23-20(18)27-24-12)19(25)22-8-9-26-14-6-4-13(21)5-7-14/h2-7,10-11H,8-9H2,1H3,(H,22,25). The quantitative estimate of drug-likeness (QED) is 0.493. The van der Waals surface area contributed by atoms with E-state index in [4.69, 9.17) is 9.26 Å². The number of rotatable bonds is 6. The zero-order valence-electron chi connectivity index (χ0n) is 14.9. The Morgan fingerprint density at radius 2 is 2.11 bits per heavy atom. The van der Waals surface area contributed by atoms with Gasteiger partial charge in [0.25, 0.3) is 11.6 Å². The molecule has 4 aromatic rings. The molecule has 4 rings (SSSR count). The number of hydrogen-bond donors (Lipinski definition) is 1. The van der Waals surface area contributed by atoms with Crippen LogP contribution in [-0.4, -0.2) is 29.2 Å². The van der Waals surface area contributed by atoms with Gasteiger partial charge >= 0.3 is 0 Å². The molecular formula is C20H16FN3O3S. The van der Waals surface area contributed by atoms with Gasteiger partial charge in [-0.25, -0.2) is 9.37 Å². The molecule has 0 aliphatic heterocycles. The van der Waals surface area contributed by atoms with Crippen LogP contribution in [0.1, 0.15) is 16.1 Å². The predicted octanol–water partition coefficient (Wildman–Crippen LogP) is 4.21. The summed E-state index contributed by atoms with van der Waals surface area (Å²) in [6.45, 7) is 2.32. The molecule has 28 heavy (non-hydrogen) atoms. The zero-order chi connectivity index (χ0) is 19.5. The van der Waals surface area contributed by atoms with E-state index >= 15 is 0 Å². The lowest BCUT2D eigenvalue weighted by molar-refractivity contribution is 0.0948. The van der Waals surface area contributed by atoms with Gasteiger partial charge in [0.1, 0.15) is 18.2 Å². The number of nitrogens with one attached hydrogen (secondary N) is 1. The Morgan fingerprint density at radius 1 is 1.29 bits per heavy atom. The van der Waals surface area contributed by atoms with Crippen molar-refractivity contribution in [2.24, 2.45) is 0 Å². The van der Waals surface area contributed by atoms with Gasteiger partial charge in [-0.2, -0.15) is 0 Å². The molecule has 0 unspecified atom stereocenters. The molecule has 142 valence electrons. The molecule has 1 amide bonds. The number of carbonyl (C=O) groups is 1. The van der Waals surface area contributed by atoms with Crippen molar-refractivity contribution in [3.63, 3.8) is 0 Å². The summed E-state index contributed by atoms with van der Waals surface area (Å²) in [5.74, 6) is -0.0518. The number of thiophene rings is 1. The first-order valence-corrected chi connectivity index (χ1v) is 9.47. The minimum atomic E-state index is -0.326. The predicted molar refractivity (Wildman–Crippen MR) is 104 cm³/mol. The van der Waals surface area contributed by atoms with Crippen LogP contribution in [0.3, 0.4) is 0 Å². The fourth-order valence-corrected chi connectivity index (χ4v) is 3.47. The lowest BCUT2D eigenvalue weighted by Crippen LogP contribution is -2.28. The van der Waals surface area contributed by atoms with Gasteiger partial charge < -0.3 is 14.6 Å². The van der Waals surface area contributed by atoms with Crippen LogP contribution in [0, 0.1) is 12.7 Å². The summed E-state index contributed by atoms with van der Waals surface area (Å²) >= 11 is 1.53. The Bertz CT molecular complexity index is 1110. The number of nitrogens with zero attached hydrogens (tertiary/aromatic N) is 2.